The van der Waals surface area contributed by atoms with Crippen LogP contribution < -0.4 is 0 Å². The van der Waals surface area contributed by atoms with Gasteiger partial charge in [-0.05, 0) is 83.3 Å². The molecule has 0 spiro atoms. The molecule has 0 unspecified atom stereocenters. The Bertz CT molecular complexity index is 724. The fourth-order valence-electron chi connectivity index (χ4n) is 4.17. The molecule has 5 heteroatoms. The predicted molar refractivity (Wildman–Crippen MR) is 114 cm³/mol. The first-order valence-electron chi connectivity index (χ1n) is 9.66. The van der Waals surface area contributed by atoms with Crippen molar-refractivity contribution in [2.75, 3.05) is 33.5 Å². The molecule has 2 aliphatic heterocycles. The van der Waals surface area contributed by atoms with Gasteiger partial charge in [-0.3, -0.25) is 0 Å². The summed E-state index contributed by atoms with van der Waals surface area (Å²) in [5, 5.41) is 4.58. The second-order valence-electron chi connectivity index (χ2n) is 8.48. The van der Waals surface area contributed by atoms with Gasteiger partial charge in [0.2, 0.25) is 0 Å². The maximum absolute atomic E-state index is 6.49. The highest BCUT2D eigenvalue weighted by atomic mass is 32.2. The Morgan fingerprint density at radius 3 is 2.56 bits per heavy atom. The van der Waals surface area contributed by atoms with Crippen LogP contribution in [-0.2, 0) is 9.57 Å². The van der Waals surface area contributed by atoms with Crippen LogP contribution in [0.2, 0.25) is 0 Å². The normalized spacial score (nSPS) is 29.7. The van der Waals surface area contributed by atoms with Gasteiger partial charge in [0, 0.05) is 17.4 Å². The maximum Gasteiger partial charge on any atom is 0.129 e. The van der Waals surface area contributed by atoms with E-state index in [0.29, 0.717) is 12.5 Å². The SMILES string of the molecule is CSc1ccc(/C=C2\C(=N/OCCN(C)C)[C@]3(C)CC[C@H]2C(C)(C)O3)cc1. The van der Waals surface area contributed by atoms with Gasteiger partial charge in [-0.2, -0.15) is 0 Å². The number of likely N-dealkylation sites (N-methyl/N-ethyl adjacent to an activating group) is 1. The number of oxime groups is 1. The minimum Gasteiger partial charge on any atom is -0.394 e. The lowest BCUT2D eigenvalue weighted by Gasteiger charge is -2.55. The molecule has 1 aromatic carbocycles. The highest BCUT2D eigenvalue weighted by Gasteiger charge is 2.55. The zero-order valence-corrected chi connectivity index (χ0v) is 18.2. The monoisotopic (exact) mass is 388 g/mol. The van der Waals surface area contributed by atoms with Crippen LogP contribution in [0.1, 0.15) is 39.2 Å². The lowest BCUT2D eigenvalue weighted by atomic mass is 9.64. The topological polar surface area (TPSA) is 34.1 Å². The van der Waals surface area contributed by atoms with Crippen LogP contribution in [0.3, 0.4) is 0 Å². The zero-order chi connectivity index (χ0) is 19.7. The van der Waals surface area contributed by atoms with E-state index in [4.69, 9.17) is 9.57 Å². The van der Waals surface area contributed by atoms with Gasteiger partial charge in [0.05, 0.1) is 5.60 Å². The maximum atomic E-state index is 6.49. The molecule has 1 saturated carbocycles. The first kappa shape index (κ1) is 20.4. The number of hydrogen-bond donors (Lipinski definition) is 0. The van der Waals surface area contributed by atoms with Crippen LogP contribution in [0.25, 0.3) is 6.08 Å². The molecule has 0 aromatic heterocycles. The summed E-state index contributed by atoms with van der Waals surface area (Å²) < 4.78 is 6.49. The summed E-state index contributed by atoms with van der Waals surface area (Å²) in [5.41, 5.74) is 2.85. The summed E-state index contributed by atoms with van der Waals surface area (Å²) in [7, 11) is 4.07. The van der Waals surface area contributed by atoms with Crippen LogP contribution >= 0.6 is 11.8 Å². The molecule has 1 aliphatic carbocycles. The quantitative estimate of drug-likeness (QED) is 0.402. The average Bonchev–Trinajstić information content (AvgIpc) is 2.59. The number of hydrogen-bond acceptors (Lipinski definition) is 5. The molecule has 1 aromatic rings. The van der Waals surface area contributed by atoms with Crippen LogP contribution in [0.4, 0.5) is 0 Å². The number of benzene rings is 1. The standard InChI is InChI=1S/C22H32N2O2S/c1-21(2)19-11-12-22(3,26-21)20(23-25-14-13-24(4)5)18(19)15-16-7-9-17(27-6)10-8-16/h7-10,15,19H,11-14H2,1-6H3/b18-15-,23-20+/t19-,22+/m1/s1. The van der Waals surface area contributed by atoms with Gasteiger partial charge in [0.25, 0.3) is 0 Å². The third kappa shape index (κ3) is 4.41. The van der Waals surface area contributed by atoms with Crippen LogP contribution in [0, 0.1) is 5.92 Å². The lowest BCUT2D eigenvalue weighted by Crippen LogP contribution is -2.60. The second kappa shape index (κ2) is 7.98. The van der Waals surface area contributed by atoms with Gasteiger partial charge in [-0.1, -0.05) is 17.3 Å². The highest BCUT2D eigenvalue weighted by Crippen LogP contribution is 2.51. The van der Waals surface area contributed by atoms with Gasteiger partial charge in [-0.25, -0.2) is 0 Å². The van der Waals surface area contributed by atoms with Crippen molar-refractivity contribution in [3.63, 3.8) is 0 Å². The number of rotatable bonds is 6. The Hall–Kier alpha value is -1.30. The molecule has 2 atom stereocenters. The Labute approximate surface area is 168 Å². The summed E-state index contributed by atoms with van der Waals surface area (Å²) >= 11 is 1.76. The van der Waals surface area contributed by atoms with E-state index in [-0.39, 0.29) is 11.2 Å². The van der Waals surface area contributed by atoms with Gasteiger partial charge < -0.3 is 14.5 Å². The van der Waals surface area contributed by atoms with Crippen molar-refractivity contribution in [3.8, 4) is 0 Å². The Balaban J connectivity index is 1.94. The van der Waals surface area contributed by atoms with E-state index in [1.807, 2.05) is 14.1 Å². The van der Waals surface area contributed by atoms with Gasteiger partial charge in [0.1, 0.15) is 17.9 Å². The molecule has 27 heavy (non-hydrogen) atoms. The molecule has 2 saturated heterocycles. The molecular weight excluding hydrogens is 356 g/mol. The summed E-state index contributed by atoms with van der Waals surface area (Å²) in [4.78, 5) is 9.07. The van der Waals surface area contributed by atoms with Crippen molar-refractivity contribution in [3.05, 3.63) is 35.4 Å². The number of nitrogens with zero attached hydrogens (tertiary/aromatic N) is 2. The zero-order valence-electron chi connectivity index (χ0n) is 17.4. The minimum absolute atomic E-state index is 0.194. The average molecular weight is 389 g/mol. The van der Waals surface area contributed by atoms with Crippen LogP contribution in [0.5, 0.6) is 0 Å². The Morgan fingerprint density at radius 2 is 1.96 bits per heavy atom. The molecule has 148 valence electrons. The molecule has 4 nitrogen and oxygen atoms in total. The molecule has 2 bridgehead atoms. The lowest BCUT2D eigenvalue weighted by molar-refractivity contribution is -0.165. The van der Waals surface area contributed by atoms with Crippen molar-refractivity contribution in [1.29, 1.82) is 0 Å². The molecule has 3 fully saturated rings. The number of ether oxygens (including phenoxy) is 1. The second-order valence-corrected chi connectivity index (χ2v) is 9.36. The van der Waals surface area contributed by atoms with Crippen molar-refractivity contribution >= 4 is 23.5 Å². The first-order chi connectivity index (χ1) is 12.7. The molecular formula is C22H32N2O2S. The molecule has 0 amide bonds. The van der Waals surface area contributed by atoms with E-state index in [2.05, 4.69) is 67.4 Å². The van der Waals surface area contributed by atoms with Crippen molar-refractivity contribution in [2.24, 2.45) is 11.1 Å². The summed E-state index contributed by atoms with van der Waals surface area (Å²) in [6, 6.07) is 8.71. The molecule has 0 N–H and O–H groups in total. The molecule has 3 aliphatic rings. The van der Waals surface area contributed by atoms with E-state index in [1.54, 1.807) is 11.8 Å². The van der Waals surface area contributed by atoms with Crippen LogP contribution in [-0.4, -0.2) is 55.3 Å². The van der Waals surface area contributed by atoms with Gasteiger partial charge in [0.15, 0.2) is 0 Å². The number of fused-ring (bicyclic) bond motifs is 3. The number of thioether (sulfide) groups is 1. The molecule has 0 radical (unpaired) electrons. The third-order valence-corrected chi connectivity index (χ3v) is 6.35. The van der Waals surface area contributed by atoms with E-state index < -0.39 is 0 Å². The molecule has 2 heterocycles. The summed E-state index contributed by atoms with van der Waals surface area (Å²) in [6.07, 6.45) is 6.49. The van der Waals surface area contributed by atoms with Crippen molar-refractivity contribution < 1.29 is 9.57 Å². The van der Waals surface area contributed by atoms with E-state index in [9.17, 15) is 0 Å². The summed E-state index contributed by atoms with van der Waals surface area (Å²) in [6.45, 7) is 7.98. The fraction of sp³-hybridized carbons (Fsp3) is 0.591. The van der Waals surface area contributed by atoms with Gasteiger partial charge >= 0.3 is 0 Å². The van der Waals surface area contributed by atoms with Crippen molar-refractivity contribution in [1.82, 2.24) is 4.90 Å². The van der Waals surface area contributed by atoms with Crippen molar-refractivity contribution in [2.45, 2.75) is 49.7 Å². The van der Waals surface area contributed by atoms with Crippen LogP contribution in [0.15, 0.2) is 39.9 Å². The minimum atomic E-state index is -0.387. The third-order valence-electron chi connectivity index (χ3n) is 5.61. The van der Waals surface area contributed by atoms with Gasteiger partial charge in [-0.15, -0.1) is 11.8 Å². The summed E-state index contributed by atoms with van der Waals surface area (Å²) in [5.74, 6) is 0.329. The Kier molecular flexibility index (Phi) is 6.04. The van der Waals surface area contributed by atoms with E-state index in [1.165, 1.54) is 16.0 Å². The predicted octanol–water partition coefficient (Wildman–Crippen LogP) is 4.70. The fourth-order valence-corrected chi connectivity index (χ4v) is 4.58. The largest absolute Gasteiger partial charge is 0.394 e. The highest BCUT2D eigenvalue weighted by molar-refractivity contribution is 7.98. The van der Waals surface area contributed by atoms with E-state index in [0.717, 1.165) is 25.1 Å². The smallest absolute Gasteiger partial charge is 0.129 e. The molecule has 4 rings (SSSR count). The first-order valence-corrected chi connectivity index (χ1v) is 10.9. The van der Waals surface area contributed by atoms with E-state index >= 15 is 0 Å². The Morgan fingerprint density at radius 1 is 1.26 bits per heavy atom.